The lowest BCUT2D eigenvalue weighted by Gasteiger charge is -2.37. The van der Waals surface area contributed by atoms with Crippen molar-refractivity contribution in [3.05, 3.63) is 0 Å². The van der Waals surface area contributed by atoms with Gasteiger partial charge in [-0.15, -0.1) is 0 Å². The van der Waals surface area contributed by atoms with E-state index in [4.69, 9.17) is 0 Å². The van der Waals surface area contributed by atoms with E-state index in [9.17, 15) is 4.79 Å². The second-order valence-corrected chi connectivity index (χ2v) is 6.01. The minimum absolute atomic E-state index is 0.399. The quantitative estimate of drug-likeness (QED) is 0.702. The molecule has 0 aromatic heterocycles. The smallest absolute Gasteiger partial charge is 0.225 e. The molecule has 3 fully saturated rings. The lowest BCUT2D eigenvalue weighted by molar-refractivity contribution is -0.139. The number of fused-ring (bicyclic) bond motifs is 1. The largest absolute Gasteiger partial charge is 0.339 e. The van der Waals surface area contributed by atoms with E-state index in [2.05, 4.69) is 11.8 Å². The maximum absolute atomic E-state index is 12.5. The highest BCUT2D eigenvalue weighted by atomic mass is 16.2. The summed E-state index contributed by atoms with van der Waals surface area (Å²) in [6.07, 6.45) is 8.75. The van der Waals surface area contributed by atoms with Crippen LogP contribution < -0.4 is 0 Å². The van der Waals surface area contributed by atoms with Crippen molar-refractivity contribution in [3.63, 3.8) is 0 Å². The zero-order chi connectivity index (χ0) is 11.1. The van der Waals surface area contributed by atoms with Crippen molar-refractivity contribution in [2.75, 3.05) is 6.54 Å². The van der Waals surface area contributed by atoms with Gasteiger partial charge >= 0.3 is 0 Å². The Hall–Kier alpha value is -0.530. The van der Waals surface area contributed by atoms with Gasteiger partial charge in [-0.1, -0.05) is 6.92 Å². The molecule has 1 amide bonds. The summed E-state index contributed by atoms with van der Waals surface area (Å²) in [6, 6.07) is 0.554. The number of piperidine rings is 1. The molecule has 3 rings (SSSR count). The molecule has 0 spiro atoms. The maximum Gasteiger partial charge on any atom is 0.225 e. The molecule has 3 atom stereocenters. The predicted octanol–water partition coefficient (Wildman–Crippen LogP) is 2.82. The van der Waals surface area contributed by atoms with E-state index >= 15 is 0 Å². The monoisotopic (exact) mass is 221 g/mol. The number of likely N-dealkylation sites (tertiary alicyclic amines) is 1. The summed E-state index contributed by atoms with van der Waals surface area (Å²) >= 11 is 0. The van der Waals surface area contributed by atoms with Gasteiger partial charge < -0.3 is 4.90 Å². The summed E-state index contributed by atoms with van der Waals surface area (Å²) < 4.78 is 0. The minimum Gasteiger partial charge on any atom is -0.339 e. The van der Waals surface area contributed by atoms with Gasteiger partial charge in [0.15, 0.2) is 0 Å². The Morgan fingerprint density at radius 1 is 1.19 bits per heavy atom. The van der Waals surface area contributed by atoms with Crippen LogP contribution in [-0.4, -0.2) is 23.4 Å². The van der Waals surface area contributed by atoms with Crippen molar-refractivity contribution in [1.29, 1.82) is 0 Å². The Morgan fingerprint density at radius 3 is 2.62 bits per heavy atom. The molecule has 2 saturated carbocycles. The van der Waals surface area contributed by atoms with Crippen LogP contribution in [0.5, 0.6) is 0 Å². The highest BCUT2D eigenvalue weighted by molar-refractivity contribution is 5.79. The lowest BCUT2D eigenvalue weighted by Crippen LogP contribution is -2.46. The van der Waals surface area contributed by atoms with E-state index in [0.717, 1.165) is 24.8 Å². The first-order valence-corrected chi connectivity index (χ1v) is 7.10. The number of amides is 1. The van der Waals surface area contributed by atoms with Gasteiger partial charge in [-0.3, -0.25) is 4.79 Å². The third-order valence-electron chi connectivity index (χ3n) is 4.97. The van der Waals surface area contributed by atoms with Crippen LogP contribution in [-0.2, 0) is 4.79 Å². The molecule has 0 bridgehead atoms. The predicted molar refractivity (Wildman–Crippen MR) is 64.0 cm³/mol. The third kappa shape index (κ3) is 1.76. The van der Waals surface area contributed by atoms with E-state index in [0.29, 0.717) is 17.9 Å². The van der Waals surface area contributed by atoms with Gasteiger partial charge in [0.05, 0.1) is 0 Å². The molecule has 2 heteroatoms. The third-order valence-corrected chi connectivity index (χ3v) is 4.97. The Morgan fingerprint density at radius 2 is 1.94 bits per heavy atom. The fraction of sp³-hybridized carbons (Fsp3) is 0.929. The van der Waals surface area contributed by atoms with Gasteiger partial charge in [-0.2, -0.15) is 0 Å². The van der Waals surface area contributed by atoms with Crippen molar-refractivity contribution in [2.45, 2.75) is 57.9 Å². The molecule has 1 heterocycles. The highest BCUT2D eigenvalue weighted by Crippen LogP contribution is 2.54. The van der Waals surface area contributed by atoms with E-state index in [1.54, 1.807) is 0 Å². The normalized spacial score (nSPS) is 41.9. The molecule has 2 nitrogen and oxygen atoms in total. The lowest BCUT2D eigenvalue weighted by atomic mass is 9.95. The Labute approximate surface area is 98.4 Å². The second-order valence-electron chi connectivity index (χ2n) is 6.01. The number of nitrogens with zero attached hydrogens (tertiary/aromatic N) is 1. The molecule has 0 aromatic carbocycles. The molecule has 0 N–H and O–H groups in total. The van der Waals surface area contributed by atoms with Crippen LogP contribution in [0.1, 0.15) is 51.9 Å². The van der Waals surface area contributed by atoms with Crippen molar-refractivity contribution in [2.24, 2.45) is 17.8 Å². The maximum atomic E-state index is 12.5. The molecule has 1 saturated heterocycles. The van der Waals surface area contributed by atoms with Gasteiger partial charge in [0, 0.05) is 18.5 Å². The standard InChI is InChI=1S/C14H23NO/c1-2-13-5-3-4-6-15(13)14(16)12-8-10-7-11(10)9-12/h10-13H,2-9H2,1H3. The van der Waals surface area contributed by atoms with Gasteiger partial charge in [0.25, 0.3) is 0 Å². The first kappa shape index (κ1) is 10.6. The zero-order valence-corrected chi connectivity index (χ0v) is 10.3. The number of hydrogen-bond donors (Lipinski definition) is 0. The molecule has 0 aromatic rings. The Kier molecular flexibility index (Phi) is 2.68. The highest BCUT2D eigenvalue weighted by Gasteiger charge is 2.49. The van der Waals surface area contributed by atoms with Crippen LogP contribution in [0.15, 0.2) is 0 Å². The van der Waals surface area contributed by atoms with Crippen molar-refractivity contribution in [1.82, 2.24) is 4.90 Å². The summed E-state index contributed by atoms with van der Waals surface area (Å²) in [6.45, 7) is 3.26. The molecule has 3 aliphatic rings. The molecular formula is C14H23NO. The summed E-state index contributed by atoms with van der Waals surface area (Å²) in [7, 11) is 0. The number of hydrogen-bond acceptors (Lipinski definition) is 1. The summed E-state index contributed by atoms with van der Waals surface area (Å²) in [4.78, 5) is 14.7. The first-order valence-electron chi connectivity index (χ1n) is 7.10. The van der Waals surface area contributed by atoms with Crippen LogP contribution in [0.4, 0.5) is 0 Å². The van der Waals surface area contributed by atoms with Crippen LogP contribution >= 0.6 is 0 Å². The van der Waals surface area contributed by atoms with Crippen LogP contribution in [0.25, 0.3) is 0 Å². The Balaban J connectivity index is 1.63. The van der Waals surface area contributed by atoms with E-state index in [1.165, 1.54) is 38.5 Å². The molecule has 2 aliphatic carbocycles. The van der Waals surface area contributed by atoms with E-state index in [1.807, 2.05) is 0 Å². The molecule has 90 valence electrons. The van der Waals surface area contributed by atoms with E-state index in [-0.39, 0.29) is 0 Å². The molecule has 0 radical (unpaired) electrons. The van der Waals surface area contributed by atoms with Crippen molar-refractivity contribution in [3.8, 4) is 0 Å². The van der Waals surface area contributed by atoms with Crippen molar-refractivity contribution >= 4 is 5.91 Å². The minimum atomic E-state index is 0.399. The second kappa shape index (κ2) is 4.05. The van der Waals surface area contributed by atoms with Crippen LogP contribution in [0, 0.1) is 17.8 Å². The van der Waals surface area contributed by atoms with E-state index < -0.39 is 0 Å². The van der Waals surface area contributed by atoms with Gasteiger partial charge in [-0.05, 0) is 56.8 Å². The summed E-state index contributed by atoms with van der Waals surface area (Å²) in [5, 5.41) is 0. The average Bonchev–Trinajstić information content (AvgIpc) is 2.95. The number of rotatable bonds is 2. The fourth-order valence-corrected chi connectivity index (χ4v) is 3.87. The van der Waals surface area contributed by atoms with Crippen LogP contribution in [0.3, 0.4) is 0 Å². The summed E-state index contributed by atoms with van der Waals surface area (Å²) in [5.41, 5.74) is 0. The van der Waals surface area contributed by atoms with Gasteiger partial charge in [0.1, 0.15) is 0 Å². The number of carbonyl (C=O) groups excluding carboxylic acids is 1. The average molecular weight is 221 g/mol. The Bertz CT molecular complexity index is 278. The molecule has 3 unspecified atom stereocenters. The first-order chi connectivity index (χ1) is 7.79. The topological polar surface area (TPSA) is 20.3 Å². The summed E-state index contributed by atoms with van der Waals surface area (Å²) in [5.74, 6) is 2.76. The SMILES string of the molecule is CCC1CCCCN1C(=O)C1CC2CC2C1. The molecule has 16 heavy (non-hydrogen) atoms. The molecule has 1 aliphatic heterocycles. The van der Waals surface area contributed by atoms with Gasteiger partial charge in [-0.25, -0.2) is 0 Å². The number of carbonyl (C=O) groups is 1. The fourth-order valence-electron chi connectivity index (χ4n) is 3.87. The van der Waals surface area contributed by atoms with Crippen molar-refractivity contribution < 1.29 is 4.79 Å². The van der Waals surface area contributed by atoms with Crippen LogP contribution in [0.2, 0.25) is 0 Å². The van der Waals surface area contributed by atoms with Gasteiger partial charge in [0.2, 0.25) is 5.91 Å². The zero-order valence-electron chi connectivity index (χ0n) is 10.3. The molecular weight excluding hydrogens is 198 g/mol.